The van der Waals surface area contributed by atoms with Crippen molar-refractivity contribution in [2.24, 2.45) is 0 Å². The number of halogens is 2. The monoisotopic (exact) mass is 320 g/mol. The van der Waals surface area contributed by atoms with Gasteiger partial charge in [-0.2, -0.15) is 0 Å². The van der Waals surface area contributed by atoms with Crippen molar-refractivity contribution in [3.05, 3.63) is 59.7 Å². The molecule has 2 N–H and O–H groups in total. The molecule has 0 unspecified atom stereocenters. The van der Waals surface area contributed by atoms with Crippen LogP contribution in [0.25, 0.3) is 0 Å². The summed E-state index contributed by atoms with van der Waals surface area (Å²) in [7, 11) is 0. The van der Waals surface area contributed by atoms with Crippen molar-refractivity contribution in [3.63, 3.8) is 0 Å². The molecule has 0 aromatic heterocycles. The molecule has 0 atom stereocenters. The zero-order chi connectivity index (χ0) is 16.7. The number of carbonyl (C=O) groups is 1. The van der Waals surface area contributed by atoms with Crippen LogP contribution in [0.2, 0.25) is 0 Å². The van der Waals surface area contributed by atoms with E-state index in [1.54, 1.807) is 0 Å². The van der Waals surface area contributed by atoms with Gasteiger partial charge in [-0.1, -0.05) is 25.5 Å². The summed E-state index contributed by atoms with van der Waals surface area (Å²) < 4.78 is 31.5. The number of ether oxygens (including phenoxy) is 1. The highest BCUT2D eigenvalue weighted by Gasteiger charge is 2.07. The molecule has 2 amide bonds. The Morgan fingerprint density at radius 2 is 1.87 bits per heavy atom. The highest BCUT2D eigenvalue weighted by Crippen LogP contribution is 2.15. The summed E-state index contributed by atoms with van der Waals surface area (Å²) in [4.78, 5) is 11.6. The van der Waals surface area contributed by atoms with Gasteiger partial charge in [-0.05, 0) is 36.2 Å². The lowest BCUT2D eigenvalue weighted by Crippen LogP contribution is -2.32. The largest absolute Gasteiger partial charge is 0.473 e. The fourth-order valence-corrected chi connectivity index (χ4v) is 1.98. The molecule has 6 heteroatoms. The van der Waals surface area contributed by atoms with E-state index in [1.165, 1.54) is 5.56 Å². The molecule has 0 aliphatic carbocycles. The van der Waals surface area contributed by atoms with Crippen LogP contribution in [-0.4, -0.2) is 12.8 Å². The first kappa shape index (κ1) is 16.7. The maximum atomic E-state index is 13.4. The first-order chi connectivity index (χ1) is 11.1. The summed E-state index contributed by atoms with van der Waals surface area (Å²) in [5, 5.41) is 4.71. The van der Waals surface area contributed by atoms with Gasteiger partial charge in [0, 0.05) is 6.07 Å². The van der Waals surface area contributed by atoms with E-state index < -0.39 is 17.7 Å². The Hall–Kier alpha value is -2.63. The lowest BCUT2D eigenvalue weighted by molar-refractivity contribution is 0.234. The molecule has 0 spiro atoms. The number of aryl methyl sites for hydroxylation is 1. The van der Waals surface area contributed by atoms with Crippen LogP contribution in [0.4, 0.5) is 19.3 Å². The smallest absolute Gasteiger partial charge is 0.321 e. The number of anilines is 1. The molecule has 0 bridgehead atoms. The van der Waals surface area contributed by atoms with E-state index in [4.69, 9.17) is 4.74 Å². The summed E-state index contributed by atoms with van der Waals surface area (Å²) in [6.45, 7) is 2.04. The molecule has 23 heavy (non-hydrogen) atoms. The first-order valence-corrected chi connectivity index (χ1v) is 7.30. The van der Waals surface area contributed by atoms with Crippen LogP contribution in [0.5, 0.6) is 5.75 Å². The Bertz CT molecular complexity index is 660. The molecule has 2 aromatic rings. The third kappa shape index (κ3) is 5.25. The van der Waals surface area contributed by atoms with Crippen molar-refractivity contribution in [2.45, 2.75) is 19.8 Å². The minimum atomic E-state index is -0.840. The van der Waals surface area contributed by atoms with Gasteiger partial charge < -0.3 is 15.4 Å². The fourth-order valence-electron chi connectivity index (χ4n) is 1.98. The van der Waals surface area contributed by atoms with Crippen molar-refractivity contribution in [3.8, 4) is 5.75 Å². The van der Waals surface area contributed by atoms with E-state index in [9.17, 15) is 13.6 Å². The number of hydrogen-bond acceptors (Lipinski definition) is 2. The number of amides is 2. The Balaban J connectivity index is 1.78. The van der Waals surface area contributed by atoms with Crippen LogP contribution in [0.1, 0.15) is 18.9 Å². The predicted molar refractivity (Wildman–Crippen MR) is 84.4 cm³/mol. The summed E-state index contributed by atoms with van der Waals surface area (Å²) in [6.07, 6.45) is 2.08. The summed E-state index contributed by atoms with van der Waals surface area (Å²) >= 11 is 0. The topological polar surface area (TPSA) is 50.4 Å². The van der Waals surface area contributed by atoms with Crippen LogP contribution in [0.15, 0.2) is 42.5 Å². The number of benzene rings is 2. The van der Waals surface area contributed by atoms with Crippen LogP contribution < -0.4 is 15.4 Å². The maximum Gasteiger partial charge on any atom is 0.321 e. The minimum absolute atomic E-state index is 0.0677. The Kier molecular flexibility index (Phi) is 5.91. The van der Waals surface area contributed by atoms with E-state index in [0.29, 0.717) is 11.8 Å². The van der Waals surface area contributed by atoms with Crippen molar-refractivity contribution in [1.82, 2.24) is 5.32 Å². The second-order valence-electron chi connectivity index (χ2n) is 4.94. The second-order valence-corrected chi connectivity index (χ2v) is 4.94. The average Bonchev–Trinajstić information content (AvgIpc) is 2.52. The molecule has 0 saturated carbocycles. The van der Waals surface area contributed by atoms with Gasteiger partial charge in [-0.3, -0.25) is 0 Å². The number of rotatable bonds is 6. The molecular formula is C17H18F2N2O2. The Morgan fingerprint density at radius 1 is 1.13 bits per heavy atom. The zero-order valence-corrected chi connectivity index (χ0v) is 12.7. The average molecular weight is 320 g/mol. The van der Waals surface area contributed by atoms with Gasteiger partial charge in [0.1, 0.15) is 17.4 Å². The number of urea groups is 1. The van der Waals surface area contributed by atoms with Crippen LogP contribution in [0, 0.1) is 11.6 Å². The van der Waals surface area contributed by atoms with Crippen LogP contribution in [-0.2, 0) is 6.42 Å². The molecule has 0 saturated heterocycles. The number of hydrogen-bond donors (Lipinski definition) is 2. The van der Waals surface area contributed by atoms with Gasteiger partial charge in [0.15, 0.2) is 6.73 Å². The molecule has 0 heterocycles. The van der Waals surface area contributed by atoms with E-state index in [0.717, 1.165) is 25.0 Å². The molecule has 0 aliphatic rings. The van der Waals surface area contributed by atoms with Crippen LogP contribution in [0.3, 0.4) is 0 Å². The van der Waals surface area contributed by atoms with Crippen LogP contribution >= 0.6 is 0 Å². The van der Waals surface area contributed by atoms with Crippen molar-refractivity contribution in [2.75, 3.05) is 12.0 Å². The van der Waals surface area contributed by atoms with Crippen molar-refractivity contribution >= 4 is 11.7 Å². The molecule has 0 aliphatic heterocycles. The third-order valence-corrected chi connectivity index (χ3v) is 3.11. The first-order valence-electron chi connectivity index (χ1n) is 7.30. The Morgan fingerprint density at radius 3 is 2.52 bits per heavy atom. The SMILES string of the molecule is CCCc1ccc(OCNC(=O)Nc2ccc(F)cc2F)cc1. The number of carbonyl (C=O) groups excluding carboxylic acids is 1. The molecule has 122 valence electrons. The fraction of sp³-hybridized carbons (Fsp3) is 0.235. The highest BCUT2D eigenvalue weighted by atomic mass is 19.1. The molecule has 0 radical (unpaired) electrons. The minimum Gasteiger partial charge on any atom is -0.473 e. The van der Waals surface area contributed by atoms with E-state index in [1.807, 2.05) is 24.3 Å². The standard InChI is InChI=1S/C17H18F2N2O2/c1-2-3-12-4-7-14(8-5-12)23-11-20-17(22)21-16-9-6-13(18)10-15(16)19/h4-10H,2-3,11H2,1H3,(H2,20,21,22). The molecule has 0 fully saturated rings. The zero-order valence-electron chi connectivity index (χ0n) is 12.7. The van der Waals surface area contributed by atoms with Crippen molar-refractivity contribution in [1.29, 1.82) is 0 Å². The van der Waals surface area contributed by atoms with E-state index in [2.05, 4.69) is 17.6 Å². The summed E-state index contributed by atoms with van der Waals surface area (Å²) in [6, 6.07) is 9.85. The quantitative estimate of drug-likeness (QED) is 0.788. The third-order valence-electron chi connectivity index (χ3n) is 3.11. The molecule has 4 nitrogen and oxygen atoms in total. The normalized spacial score (nSPS) is 10.2. The van der Waals surface area contributed by atoms with Gasteiger partial charge in [-0.25, -0.2) is 13.6 Å². The van der Waals surface area contributed by atoms with E-state index >= 15 is 0 Å². The lowest BCUT2D eigenvalue weighted by atomic mass is 10.1. The van der Waals surface area contributed by atoms with Gasteiger partial charge in [0.05, 0.1) is 5.69 Å². The van der Waals surface area contributed by atoms with Crippen molar-refractivity contribution < 1.29 is 18.3 Å². The summed E-state index contributed by atoms with van der Waals surface area (Å²) in [5.74, 6) is -0.922. The van der Waals surface area contributed by atoms with Gasteiger partial charge in [-0.15, -0.1) is 0 Å². The van der Waals surface area contributed by atoms with Gasteiger partial charge in [0.25, 0.3) is 0 Å². The summed E-state index contributed by atoms with van der Waals surface area (Å²) in [5.41, 5.74) is 1.12. The predicted octanol–water partition coefficient (Wildman–Crippen LogP) is 4.08. The molecule has 2 rings (SSSR count). The maximum absolute atomic E-state index is 13.4. The second kappa shape index (κ2) is 8.12. The highest BCUT2D eigenvalue weighted by molar-refractivity contribution is 5.89. The van der Waals surface area contributed by atoms with Gasteiger partial charge in [0.2, 0.25) is 0 Å². The van der Waals surface area contributed by atoms with E-state index in [-0.39, 0.29) is 12.4 Å². The lowest BCUT2D eigenvalue weighted by Gasteiger charge is -2.10. The number of nitrogens with one attached hydrogen (secondary N) is 2. The molecular weight excluding hydrogens is 302 g/mol. The van der Waals surface area contributed by atoms with Gasteiger partial charge >= 0.3 is 6.03 Å². The molecule has 2 aromatic carbocycles. The Labute approximate surface area is 133 Å².